The van der Waals surface area contributed by atoms with Crippen LogP contribution in [-0.4, -0.2) is 19.2 Å². The van der Waals surface area contributed by atoms with Gasteiger partial charge in [0.25, 0.3) is 0 Å². The molecule has 0 unspecified atom stereocenters. The number of fused-ring (bicyclic) bond motifs is 1. The predicted octanol–water partition coefficient (Wildman–Crippen LogP) is 1.55. The Balaban J connectivity index is 2.58. The van der Waals surface area contributed by atoms with Crippen LogP contribution >= 0.6 is 0 Å². The molecular formula is C11H14N2O4S. The highest BCUT2D eigenvalue weighted by Gasteiger charge is 2.13. The van der Waals surface area contributed by atoms with Crippen molar-refractivity contribution in [2.75, 3.05) is 11.0 Å². The van der Waals surface area contributed by atoms with E-state index in [2.05, 4.69) is 4.72 Å². The molecule has 0 aliphatic rings. The summed E-state index contributed by atoms with van der Waals surface area (Å²) >= 11 is 0. The normalized spacial score (nSPS) is 12.2. The van der Waals surface area contributed by atoms with Gasteiger partial charge in [-0.2, -0.15) is 0 Å². The monoisotopic (exact) mass is 270 g/mol. The van der Waals surface area contributed by atoms with Gasteiger partial charge in [0, 0.05) is 12.1 Å². The number of rotatable bonds is 3. The lowest BCUT2D eigenvalue weighted by atomic mass is 10.2. The standard InChI is InChI=1S/C11H14N2O4S/c1-7(2)13-9-5-4-8(12-18(3,15)16)6-10(9)17-11(13)14/h4-7,12H,1-3H3. The molecule has 18 heavy (non-hydrogen) atoms. The van der Waals surface area contributed by atoms with Crippen LogP contribution in [-0.2, 0) is 10.0 Å². The number of aromatic nitrogens is 1. The van der Waals surface area contributed by atoms with Gasteiger partial charge in [0.2, 0.25) is 10.0 Å². The SMILES string of the molecule is CC(C)n1c(=O)oc2cc(NS(C)(=O)=O)ccc21. The van der Waals surface area contributed by atoms with E-state index in [1.165, 1.54) is 10.6 Å². The highest BCUT2D eigenvalue weighted by Crippen LogP contribution is 2.21. The Morgan fingerprint density at radius 1 is 1.33 bits per heavy atom. The zero-order valence-electron chi connectivity index (χ0n) is 10.3. The van der Waals surface area contributed by atoms with Crippen molar-refractivity contribution in [2.45, 2.75) is 19.9 Å². The van der Waals surface area contributed by atoms with Crippen LogP contribution in [0.15, 0.2) is 27.4 Å². The molecule has 0 atom stereocenters. The molecule has 2 aromatic rings. The fraction of sp³-hybridized carbons (Fsp3) is 0.364. The highest BCUT2D eigenvalue weighted by molar-refractivity contribution is 7.92. The highest BCUT2D eigenvalue weighted by atomic mass is 32.2. The van der Waals surface area contributed by atoms with Crippen LogP contribution in [0.3, 0.4) is 0 Å². The third-order valence-electron chi connectivity index (χ3n) is 2.43. The number of nitrogens with zero attached hydrogens (tertiary/aromatic N) is 1. The predicted molar refractivity (Wildman–Crippen MR) is 69.3 cm³/mol. The Bertz CT molecular complexity index is 740. The van der Waals surface area contributed by atoms with Crippen LogP contribution < -0.4 is 10.5 Å². The molecule has 98 valence electrons. The maximum atomic E-state index is 11.6. The molecule has 1 aromatic carbocycles. The van der Waals surface area contributed by atoms with Crippen LogP contribution in [0.2, 0.25) is 0 Å². The summed E-state index contributed by atoms with van der Waals surface area (Å²) in [5.41, 5.74) is 1.38. The molecular weight excluding hydrogens is 256 g/mol. The van der Waals surface area contributed by atoms with Crippen molar-refractivity contribution in [3.63, 3.8) is 0 Å². The molecule has 1 N–H and O–H groups in total. The van der Waals surface area contributed by atoms with Gasteiger partial charge >= 0.3 is 5.76 Å². The van der Waals surface area contributed by atoms with E-state index in [1.807, 2.05) is 13.8 Å². The first-order valence-corrected chi connectivity index (χ1v) is 7.30. The first-order chi connectivity index (χ1) is 8.28. The fourth-order valence-corrected chi connectivity index (χ4v) is 2.36. The minimum Gasteiger partial charge on any atom is -0.408 e. The Morgan fingerprint density at radius 3 is 2.56 bits per heavy atom. The summed E-state index contributed by atoms with van der Waals surface area (Å²) in [6.07, 6.45) is 1.06. The molecule has 0 bridgehead atoms. The molecule has 2 rings (SSSR count). The van der Waals surface area contributed by atoms with Crippen molar-refractivity contribution in [3.05, 3.63) is 28.7 Å². The van der Waals surface area contributed by atoms with Gasteiger partial charge in [-0.25, -0.2) is 13.2 Å². The van der Waals surface area contributed by atoms with Gasteiger partial charge in [-0.1, -0.05) is 0 Å². The second-order valence-corrected chi connectivity index (χ2v) is 6.14. The Morgan fingerprint density at radius 2 is 2.00 bits per heavy atom. The van der Waals surface area contributed by atoms with Crippen LogP contribution in [0.5, 0.6) is 0 Å². The van der Waals surface area contributed by atoms with Gasteiger partial charge in [0.15, 0.2) is 5.58 Å². The molecule has 0 saturated heterocycles. The smallest absolute Gasteiger partial charge is 0.408 e. The molecule has 1 heterocycles. The minimum atomic E-state index is -3.34. The zero-order valence-corrected chi connectivity index (χ0v) is 11.1. The second kappa shape index (κ2) is 4.16. The van der Waals surface area contributed by atoms with Crippen molar-refractivity contribution in [1.29, 1.82) is 0 Å². The number of hydrogen-bond donors (Lipinski definition) is 1. The molecule has 0 amide bonds. The van der Waals surface area contributed by atoms with Gasteiger partial charge in [0.05, 0.1) is 17.5 Å². The second-order valence-electron chi connectivity index (χ2n) is 4.39. The molecule has 1 aromatic heterocycles. The van der Waals surface area contributed by atoms with Crippen LogP contribution in [0, 0.1) is 0 Å². The summed E-state index contributed by atoms with van der Waals surface area (Å²) in [6.45, 7) is 3.75. The average Bonchev–Trinajstić information content (AvgIpc) is 2.50. The molecule has 0 radical (unpaired) electrons. The number of hydrogen-bond acceptors (Lipinski definition) is 4. The first kappa shape index (κ1) is 12.7. The van der Waals surface area contributed by atoms with Crippen molar-refractivity contribution in [1.82, 2.24) is 4.57 Å². The van der Waals surface area contributed by atoms with E-state index < -0.39 is 15.8 Å². The van der Waals surface area contributed by atoms with E-state index in [9.17, 15) is 13.2 Å². The lowest BCUT2D eigenvalue weighted by Gasteiger charge is -2.06. The van der Waals surface area contributed by atoms with Gasteiger partial charge in [0.1, 0.15) is 0 Å². The van der Waals surface area contributed by atoms with Crippen LogP contribution in [0.1, 0.15) is 19.9 Å². The molecule has 0 aliphatic carbocycles. The van der Waals surface area contributed by atoms with E-state index in [1.54, 1.807) is 12.1 Å². The molecule has 0 spiro atoms. The van der Waals surface area contributed by atoms with Gasteiger partial charge < -0.3 is 4.42 Å². The largest absolute Gasteiger partial charge is 0.420 e. The molecule has 6 nitrogen and oxygen atoms in total. The third-order valence-corrected chi connectivity index (χ3v) is 3.04. The van der Waals surface area contributed by atoms with Gasteiger partial charge in [-0.05, 0) is 26.0 Å². The number of nitrogens with one attached hydrogen (secondary N) is 1. The lowest BCUT2D eigenvalue weighted by molar-refractivity contribution is 0.478. The average molecular weight is 270 g/mol. The van der Waals surface area contributed by atoms with Crippen molar-refractivity contribution < 1.29 is 12.8 Å². The number of sulfonamides is 1. The Labute approximate surface area is 104 Å². The van der Waals surface area contributed by atoms with Gasteiger partial charge in [-0.15, -0.1) is 0 Å². The third kappa shape index (κ3) is 2.40. The molecule has 7 heteroatoms. The van der Waals surface area contributed by atoms with E-state index in [0.29, 0.717) is 16.8 Å². The van der Waals surface area contributed by atoms with E-state index in [4.69, 9.17) is 4.42 Å². The molecule has 0 fully saturated rings. The van der Waals surface area contributed by atoms with Gasteiger partial charge in [-0.3, -0.25) is 9.29 Å². The summed E-state index contributed by atoms with van der Waals surface area (Å²) in [7, 11) is -3.34. The maximum absolute atomic E-state index is 11.6. The number of oxazole rings is 1. The first-order valence-electron chi connectivity index (χ1n) is 5.41. The summed E-state index contributed by atoms with van der Waals surface area (Å²) < 4.78 is 31.2. The molecule has 0 aliphatic heterocycles. The maximum Gasteiger partial charge on any atom is 0.420 e. The topological polar surface area (TPSA) is 81.3 Å². The molecule has 0 saturated carbocycles. The quantitative estimate of drug-likeness (QED) is 0.917. The number of benzene rings is 1. The minimum absolute atomic E-state index is 0.0209. The van der Waals surface area contributed by atoms with E-state index in [-0.39, 0.29) is 6.04 Å². The van der Waals surface area contributed by atoms with Crippen molar-refractivity contribution >= 4 is 26.8 Å². The fourth-order valence-electron chi connectivity index (χ4n) is 1.80. The number of anilines is 1. The van der Waals surface area contributed by atoms with Crippen LogP contribution in [0.25, 0.3) is 11.1 Å². The lowest BCUT2D eigenvalue weighted by Crippen LogP contribution is -2.15. The van der Waals surface area contributed by atoms with Crippen molar-refractivity contribution in [3.8, 4) is 0 Å². The Hall–Kier alpha value is -1.76. The van der Waals surface area contributed by atoms with E-state index >= 15 is 0 Å². The summed E-state index contributed by atoms with van der Waals surface area (Å²) in [5, 5.41) is 0. The summed E-state index contributed by atoms with van der Waals surface area (Å²) in [4.78, 5) is 11.6. The summed E-state index contributed by atoms with van der Waals surface area (Å²) in [6, 6.07) is 4.73. The Kier molecular flexibility index (Phi) is 2.94. The summed E-state index contributed by atoms with van der Waals surface area (Å²) in [5.74, 6) is -0.448. The van der Waals surface area contributed by atoms with Crippen LogP contribution in [0.4, 0.5) is 5.69 Å². The van der Waals surface area contributed by atoms with Crippen molar-refractivity contribution in [2.24, 2.45) is 0 Å². The van der Waals surface area contributed by atoms with E-state index in [0.717, 1.165) is 6.26 Å². The zero-order chi connectivity index (χ0) is 13.5.